The molecule has 0 heterocycles. The summed E-state index contributed by atoms with van der Waals surface area (Å²) in [6.45, 7) is 2.11. The van der Waals surface area contributed by atoms with Gasteiger partial charge < -0.3 is 0 Å². The van der Waals surface area contributed by atoms with Gasteiger partial charge >= 0.3 is 138 Å². The van der Waals surface area contributed by atoms with Crippen molar-refractivity contribution in [3.63, 3.8) is 0 Å². The molecule has 0 spiro atoms. The van der Waals surface area contributed by atoms with Gasteiger partial charge in [0, 0.05) is 0 Å². The van der Waals surface area contributed by atoms with Gasteiger partial charge in [0.25, 0.3) is 0 Å². The molecule has 0 nitrogen and oxygen atoms in total. The zero-order valence-corrected chi connectivity index (χ0v) is 14.1. The Bertz CT molecular complexity index is 806. The molecule has 0 amide bonds. The molecule has 0 saturated heterocycles. The number of benzene rings is 3. The van der Waals surface area contributed by atoms with Gasteiger partial charge in [-0.05, 0) is 0 Å². The number of rotatable bonds is 2. The fraction of sp³-hybridized carbons (Fsp3) is 0.0476. The van der Waals surface area contributed by atoms with E-state index in [0.717, 1.165) is 5.56 Å². The Labute approximate surface area is 138 Å². The normalized spacial score (nSPS) is 9.86. The molecule has 0 aliphatic heterocycles. The molecule has 3 aromatic rings. The SMILES string of the molecule is Cc1ccc(-c2ccccc2C#C[Se]c2ccccc2)cc1. The molecular formula is C21H16Se. The van der Waals surface area contributed by atoms with Crippen LogP contribution in [0.4, 0.5) is 0 Å². The summed E-state index contributed by atoms with van der Waals surface area (Å²) in [5.41, 5.74) is 4.81. The predicted octanol–water partition coefficient (Wildman–Crippen LogP) is 4.00. The molecule has 1 heteroatoms. The van der Waals surface area contributed by atoms with Crippen LogP contribution in [0.2, 0.25) is 0 Å². The van der Waals surface area contributed by atoms with Gasteiger partial charge in [-0.2, -0.15) is 0 Å². The van der Waals surface area contributed by atoms with Crippen LogP contribution in [0.1, 0.15) is 11.1 Å². The van der Waals surface area contributed by atoms with E-state index in [1.807, 2.05) is 6.07 Å². The predicted molar refractivity (Wildman–Crippen MR) is 95.3 cm³/mol. The van der Waals surface area contributed by atoms with Crippen LogP contribution < -0.4 is 4.46 Å². The Morgan fingerprint density at radius 1 is 0.727 bits per heavy atom. The van der Waals surface area contributed by atoms with Crippen molar-refractivity contribution < 1.29 is 0 Å². The van der Waals surface area contributed by atoms with E-state index in [4.69, 9.17) is 0 Å². The van der Waals surface area contributed by atoms with Crippen LogP contribution in [-0.4, -0.2) is 15.0 Å². The second-order valence-electron chi connectivity index (χ2n) is 5.05. The number of hydrogen-bond acceptors (Lipinski definition) is 0. The monoisotopic (exact) mass is 348 g/mol. The van der Waals surface area contributed by atoms with Crippen molar-refractivity contribution in [1.82, 2.24) is 0 Å². The Morgan fingerprint density at radius 2 is 1.41 bits per heavy atom. The molecule has 0 bridgehead atoms. The molecule has 0 aliphatic carbocycles. The minimum atomic E-state index is 0.196. The molecule has 0 atom stereocenters. The number of hydrogen-bond donors (Lipinski definition) is 0. The van der Waals surface area contributed by atoms with E-state index in [2.05, 4.69) is 90.5 Å². The van der Waals surface area contributed by atoms with Gasteiger partial charge in [0.1, 0.15) is 0 Å². The van der Waals surface area contributed by atoms with E-state index >= 15 is 0 Å². The fourth-order valence-electron chi connectivity index (χ4n) is 2.20. The van der Waals surface area contributed by atoms with Crippen LogP contribution >= 0.6 is 0 Å². The Hall–Kier alpha value is -2.26. The van der Waals surface area contributed by atoms with Gasteiger partial charge in [-0.25, -0.2) is 0 Å². The van der Waals surface area contributed by atoms with Crippen LogP contribution in [0.5, 0.6) is 0 Å². The summed E-state index contributed by atoms with van der Waals surface area (Å²) in [6, 6.07) is 27.4. The second kappa shape index (κ2) is 7.14. The molecular weight excluding hydrogens is 331 g/mol. The molecule has 0 N–H and O–H groups in total. The second-order valence-corrected chi connectivity index (χ2v) is 6.90. The van der Waals surface area contributed by atoms with Gasteiger partial charge in [-0.3, -0.25) is 0 Å². The first-order valence-corrected chi connectivity index (χ1v) is 8.93. The summed E-state index contributed by atoms with van der Waals surface area (Å²) < 4.78 is 1.32. The Morgan fingerprint density at radius 3 is 2.18 bits per heavy atom. The van der Waals surface area contributed by atoms with Crippen LogP contribution in [0.15, 0.2) is 78.9 Å². The van der Waals surface area contributed by atoms with E-state index in [1.54, 1.807) is 0 Å². The van der Waals surface area contributed by atoms with Crippen molar-refractivity contribution in [3.8, 4) is 21.9 Å². The standard InChI is InChI=1S/C21H16Se/c1-17-11-13-19(14-12-17)21-10-6-5-7-18(21)15-16-22-20-8-3-2-4-9-20/h2-14H,1H3. The third kappa shape index (κ3) is 3.68. The zero-order valence-electron chi connectivity index (χ0n) is 12.4. The van der Waals surface area contributed by atoms with Crippen molar-refractivity contribution in [2.45, 2.75) is 6.92 Å². The summed E-state index contributed by atoms with van der Waals surface area (Å²) in [4.78, 5) is 3.35. The molecule has 3 rings (SSSR count). The van der Waals surface area contributed by atoms with Gasteiger partial charge in [-0.1, -0.05) is 0 Å². The van der Waals surface area contributed by atoms with Crippen LogP contribution in [0, 0.1) is 17.7 Å². The fourth-order valence-corrected chi connectivity index (χ4v) is 3.41. The quantitative estimate of drug-likeness (QED) is 0.486. The average Bonchev–Trinajstić information content (AvgIpc) is 2.57. The van der Waals surface area contributed by atoms with Crippen molar-refractivity contribution in [2.24, 2.45) is 0 Å². The van der Waals surface area contributed by atoms with Gasteiger partial charge in [0.05, 0.1) is 0 Å². The maximum absolute atomic E-state index is 3.35. The van der Waals surface area contributed by atoms with Crippen molar-refractivity contribution in [2.75, 3.05) is 0 Å². The van der Waals surface area contributed by atoms with Crippen LogP contribution in [0.25, 0.3) is 11.1 Å². The summed E-state index contributed by atoms with van der Waals surface area (Å²) in [6.07, 6.45) is 0. The van der Waals surface area contributed by atoms with E-state index in [0.29, 0.717) is 0 Å². The summed E-state index contributed by atoms with van der Waals surface area (Å²) >= 11 is 0.196. The Balaban J connectivity index is 1.88. The van der Waals surface area contributed by atoms with Crippen LogP contribution in [0.3, 0.4) is 0 Å². The first-order valence-electron chi connectivity index (χ1n) is 7.22. The average molecular weight is 347 g/mol. The van der Waals surface area contributed by atoms with Crippen molar-refractivity contribution in [3.05, 3.63) is 90.0 Å². The molecule has 0 aromatic heterocycles. The maximum atomic E-state index is 3.35. The molecule has 0 radical (unpaired) electrons. The van der Waals surface area contributed by atoms with Gasteiger partial charge in [-0.15, -0.1) is 0 Å². The molecule has 22 heavy (non-hydrogen) atoms. The topological polar surface area (TPSA) is 0 Å². The van der Waals surface area contributed by atoms with Crippen molar-refractivity contribution >= 4 is 19.4 Å². The molecule has 0 aliphatic rings. The van der Waals surface area contributed by atoms with Crippen molar-refractivity contribution in [1.29, 1.82) is 0 Å². The molecule has 0 fully saturated rings. The first kappa shape index (κ1) is 14.7. The van der Waals surface area contributed by atoms with E-state index < -0.39 is 0 Å². The Kier molecular flexibility index (Phi) is 4.76. The van der Waals surface area contributed by atoms with Gasteiger partial charge in [0.15, 0.2) is 0 Å². The summed E-state index contributed by atoms with van der Waals surface area (Å²) in [5.74, 6) is 3.35. The molecule has 0 saturated carbocycles. The summed E-state index contributed by atoms with van der Waals surface area (Å²) in [7, 11) is 0. The van der Waals surface area contributed by atoms with E-state index in [-0.39, 0.29) is 15.0 Å². The molecule has 3 aromatic carbocycles. The number of aryl methyl sites for hydroxylation is 1. The zero-order chi connectivity index (χ0) is 15.2. The summed E-state index contributed by atoms with van der Waals surface area (Å²) in [5, 5.41) is 0. The molecule has 0 unspecified atom stereocenters. The van der Waals surface area contributed by atoms with Crippen LogP contribution in [-0.2, 0) is 0 Å². The third-order valence-electron chi connectivity index (χ3n) is 3.39. The molecule has 106 valence electrons. The van der Waals surface area contributed by atoms with E-state index in [9.17, 15) is 0 Å². The first-order chi connectivity index (χ1) is 10.8. The van der Waals surface area contributed by atoms with E-state index in [1.165, 1.54) is 21.2 Å². The minimum absolute atomic E-state index is 0.196. The van der Waals surface area contributed by atoms with Gasteiger partial charge in [0.2, 0.25) is 0 Å². The third-order valence-corrected chi connectivity index (χ3v) is 4.88.